The summed E-state index contributed by atoms with van der Waals surface area (Å²) in [6, 6.07) is 3.63. The van der Waals surface area contributed by atoms with Crippen molar-refractivity contribution in [2.75, 3.05) is 33.6 Å². The van der Waals surface area contributed by atoms with E-state index < -0.39 is 0 Å². The van der Waals surface area contributed by atoms with E-state index >= 15 is 0 Å². The van der Waals surface area contributed by atoms with Gasteiger partial charge < -0.3 is 19.5 Å². The number of thioether (sulfide) groups is 1. The van der Waals surface area contributed by atoms with Gasteiger partial charge in [-0.2, -0.15) is 11.8 Å². The minimum absolute atomic E-state index is 0.105. The molecule has 0 bridgehead atoms. The monoisotopic (exact) mass is 379 g/mol. The zero-order valence-corrected chi connectivity index (χ0v) is 16.7. The normalized spacial score (nSPS) is 15.0. The zero-order valence-electron chi connectivity index (χ0n) is 15.9. The molecule has 1 aromatic carbocycles. The molecule has 26 heavy (non-hydrogen) atoms. The molecule has 1 aromatic rings. The molecule has 144 valence electrons. The van der Waals surface area contributed by atoms with E-state index in [9.17, 15) is 4.79 Å². The Morgan fingerprint density at radius 3 is 2.50 bits per heavy atom. The van der Waals surface area contributed by atoms with Gasteiger partial charge >= 0.3 is 0 Å². The van der Waals surface area contributed by atoms with Gasteiger partial charge in [0.25, 0.3) is 0 Å². The molecule has 1 saturated carbocycles. The maximum absolute atomic E-state index is 12.0. The summed E-state index contributed by atoms with van der Waals surface area (Å²) in [5.41, 5.74) is 0.761. The van der Waals surface area contributed by atoms with Gasteiger partial charge in [-0.1, -0.05) is 19.3 Å². The zero-order chi connectivity index (χ0) is 18.8. The average Bonchev–Trinajstić information content (AvgIpc) is 2.69. The van der Waals surface area contributed by atoms with Crippen LogP contribution in [0.15, 0.2) is 18.2 Å². The number of carbonyl (C=O) groups is 1. The first-order valence-corrected chi connectivity index (χ1v) is 10.1. The topological polar surface area (TPSA) is 56.8 Å². The first-order chi connectivity index (χ1) is 12.7. The van der Waals surface area contributed by atoms with Gasteiger partial charge in [0.15, 0.2) is 11.5 Å². The molecule has 0 aromatic heterocycles. The molecule has 1 aliphatic carbocycles. The molecule has 6 heteroatoms. The number of hydrogen-bond acceptors (Lipinski definition) is 5. The van der Waals surface area contributed by atoms with Gasteiger partial charge in [-0.05, 0) is 31.1 Å². The molecule has 0 saturated heterocycles. The highest BCUT2D eigenvalue weighted by molar-refractivity contribution is 7.99. The van der Waals surface area contributed by atoms with Crippen LogP contribution in [0.1, 0.15) is 37.7 Å². The van der Waals surface area contributed by atoms with E-state index in [1.165, 1.54) is 38.2 Å². The molecular weight excluding hydrogens is 350 g/mol. The summed E-state index contributed by atoms with van der Waals surface area (Å²) < 4.78 is 16.0. The highest BCUT2D eigenvalue weighted by atomic mass is 32.2. The average molecular weight is 380 g/mol. The molecule has 0 unspecified atom stereocenters. The Balaban J connectivity index is 1.85. The SMILES string of the molecule is COc1ccc(/C=C/C(=O)NCCSC2CCCCC2)c(OC)c1OC. The molecule has 1 N–H and O–H groups in total. The number of amides is 1. The van der Waals surface area contributed by atoms with Crippen molar-refractivity contribution in [3.05, 3.63) is 23.8 Å². The summed E-state index contributed by atoms with van der Waals surface area (Å²) >= 11 is 1.98. The van der Waals surface area contributed by atoms with Crippen LogP contribution in [0, 0.1) is 0 Å². The number of carbonyl (C=O) groups excluding carboxylic acids is 1. The van der Waals surface area contributed by atoms with E-state index in [4.69, 9.17) is 14.2 Å². The van der Waals surface area contributed by atoms with Gasteiger partial charge in [-0.15, -0.1) is 0 Å². The number of nitrogens with one attached hydrogen (secondary N) is 1. The van der Waals surface area contributed by atoms with Gasteiger partial charge in [0, 0.05) is 29.2 Å². The first-order valence-electron chi connectivity index (χ1n) is 9.06. The second kappa shape index (κ2) is 11.0. The maximum atomic E-state index is 12.0. The van der Waals surface area contributed by atoms with E-state index in [2.05, 4.69) is 5.32 Å². The van der Waals surface area contributed by atoms with Crippen LogP contribution >= 0.6 is 11.8 Å². The Hall–Kier alpha value is -1.82. The molecule has 1 aliphatic rings. The van der Waals surface area contributed by atoms with Crippen LogP contribution in [0.4, 0.5) is 0 Å². The van der Waals surface area contributed by atoms with Gasteiger partial charge in [-0.25, -0.2) is 0 Å². The molecule has 0 radical (unpaired) electrons. The fraction of sp³-hybridized carbons (Fsp3) is 0.550. The molecule has 0 spiro atoms. The van der Waals surface area contributed by atoms with E-state index in [0.717, 1.165) is 16.6 Å². The number of benzene rings is 1. The van der Waals surface area contributed by atoms with Crippen LogP contribution in [0.2, 0.25) is 0 Å². The van der Waals surface area contributed by atoms with Crippen LogP contribution in [0.25, 0.3) is 6.08 Å². The Labute approximate surface area is 160 Å². The quantitative estimate of drug-likeness (QED) is 0.521. The minimum Gasteiger partial charge on any atom is -0.493 e. The second-order valence-corrected chi connectivity index (χ2v) is 7.59. The number of hydrogen-bond donors (Lipinski definition) is 1. The lowest BCUT2D eigenvalue weighted by Crippen LogP contribution is -2.24. The lowest BCUT2D eigenvalue weighted by atomic mass is 10.0. The van der Waals surface area contributed by atoms with Crippen LogP contribution in [-0.4, -0.2) is 44.8 Å². The highest BCUT2D eigenvalue weighted by Crippen LogP contribution is 2.40. The molecular formula is C20H29NO4S. The van der Waals surface area contributed by atoms with E-state index in [1.807, 2.05) is 17.8 Å². The standard InChI is InChI=1S/C20H29NO4S/c1-23-17-11-9-15(19(24-2)20(17)25-3)10-12-18(22)21-13-14-26-16-7-5-4-6-8-16/h9-12,16H,4-8,13-14H2,1-3H3,(H,21,22)/b12-10+. The molecule has 0 heterocycles. The third kappa shape index (κ3) is 5.87. The van der Waals surface area contributed by atoms with Crippen molar-refractivity contribution in [3.63, 3.8) is 0 Å². The van der Waals surface area contributed by atoms with E-state index in [-0.39, 0.29) is 5.91 Å². The number of methoxy groups -OCH3 is 3. The lowest BCUT2D eigenvalue weighted by Gasteiger charge is -2.20. The van der Waals surface area contributed by atoms with Crippen molar-refractivity contribution in [2.45, 2.75) is 37.4 Å². The Bertz CT molecular complexity index is 612. The summed E-state index contributed by atoms with van der Waals surface area (Å²) in [6.07, 6.45) is 9.95. The van der Waals surface area contributed by atoms with Crippen molar-refractivity contribution in [3.8, 4) is 17.2 Å². The summed E-state index contributed by atoms with van der Waals surface area (Å²) in [5, 5.41) is 3.71. The third-order valence-corrected chi connectivity index (χ3v) is 5.84. The Morgan fingerprint density at radius 2 is 1.85 bits per heavy atom. The summed E-state index contributed by atoms with van der Waals surface area (Å²) in [6.45, 7) is 0.688. The fourth-order valence-electron chi connectivity index (χ4n) is 3.11. The van der Waals surface area contributed by atoms with Gasteiger partial charge in [0.2, 0.25) is 11.7 Å². The first kappa shape index (κ1) is 20.5. The molecule has 1 amide bonds. The van der Waals surface area contributed by atoms with Crippen LogP contribution < -0.4 is 19.5 Å². The predicted molar refractivity (Wildman–Crippen MR) is 107 cm³/mol. The van der Waals surface area contributed by atoms with Crippen molar-refractivity contribution in [2.24, 2.45) is 0 Å². The second-order valence-electron chi connectivity index (χ2n) is 6.18. The third-order valence-electron chi connectivity index (χ3n) is 4.46. The largest absolute Gasteiger partial charge is 0.493 e. The van der Waals surface area contributed by atoms with Crippen molar-refractivity contribution >= 4 is 23.7 Å². The molecule has 1 fully saturated rings. The number of ether oxygens (including phenoxy) is 3. The van der Waals surface area contributed by atoms with Crippen LogP contribution in [0.3, 0.4) is 0 Å². The highest BCUT2D eigenvalue weighted by Gasteiger charge is 2.15. The van der Waals surface area contributed by atoms with Gasteiger partial charge in [0.1, 0.15) is 0 Å². The van der Waals surface area contributed by atoms with Crippen LogP contribution in [0.5, 0.6) is 17.2 Å². The molecule has 0 atom stereocenters. The van der Waals surface area contributed by atoms with Gasteiger partial charge in [0.05, 0.1) is 21.3 Å². The van der Waals surface area contributed by atoms with Gasteiger partial charge in [-0.3, -0.25) is 4.79 Å². The van der Waals surface area contributed by atoms with E-state index in [0.29, 0.717) is 23.8 Å². The Morgan fingerprint density at radius 1 is 1.12 bits per heavy atom. The maximum Gasteiger partial charge on any atom is 0.244 e. The summed E-state index contributed by atoms with van der Waals surface area (Å²) in [4.78, 5) is 12.0. The summed E-state index contributed by atoms with van der Waals surface area (Å²) in [7, 11) is 4.70. The summed E-state index contributed by atoms with van der Waals surface area (Å²) in [5.74, 6) is 2.51. The number of rotatable bonds is 9. The van der Waals surface area contributed by atoms with Crippen molar-refractivity contribution in [1.29, 1.82) is 0 Å². The lowest BCUT2D eigenvalue weighted by molar-refractivity contribution is -0.116. The van der Waals surface area contributed by atoms with Crippen LogP contribution in [-0.2, 0) is 4.79 Å². The van der Waals surface area contributed by atoms with Crippen molar-refractivity contribution < 1.29 is 19.0 Å². The van der Waals surface area contributed by atoms with E-state index in [1.54, 1.807) is 33.5 Å². The van der Waals surface area contributed by atoms with Crippen molar-refractivity contribution in [1.82, 2.24) is 5.32 Å². The smallest absolute Gasteiger partial charge is 0.244 e. The molecule has 2 rings (SSSR count). The Kier molecular flexibility index (Phi) is 8.68. The molecule has 0 aliphatic heterocycles. The predicted octanol–water partition coefficient (Wildman–Crippen LogP) is 3.91. The fourth-order valence-corrected chi connectivity index (χ4v) is 4.33. The molecule has 5 nitrogen and oxygen atoms in total. The minimum atomic E-state index is -0.105.